The minimum atomic E-state index is 0.00467. The van der Waals surface area contributed by atoms with Crippen LogP contribution in [0.15, 0.2) is 4.79 Å². The Morgan fingerprint density at radius 1 is 1.19 bits per heavy atom. The van der Waals surface area contributed by atoms with Gasteiger partial charge in [0.2, 0.25) is 5.91 Å². The lowest BCUT2D eigenvalue weighted by molar-refractivity contribution is -0.121. The molecule has 2 aromatic rings. The first-order valence-electron chi connectivity index (χ1n) is 10.1. The number of nitrogens with zero attached hydrogens (tertiary/aromatic N) is 1. The summed E-state index contributed by atoms with van der Waals surface area (Å²) in [6.45, 7) is 0. The fourth-order valence-corrected chi connectivity index (χ4v) is 6.24. The predicted molar refractivity (Wildman–Crippen MR) is 113 cm³/mol. The minimum Gasteiger partial charge on any atom is -0.353 e. The van der Waals surface area contributed by atoms with Gasteiger partial charge in [-0.05, 0) is 44.1 Å². The normalized spacial score (nSPS) is 17.8. The van der Waals surface area contributed by atoms with Gasteiger partial charge in [0.25, 0.3) is 5.56 Å². The molecule has 0 radical (unpaired) electrons. The van der Waals surface area contributed by atoms with E-state index in [9.17, 15) is 9.59 Å². The number of aromatic nitrogens is 2. The molecule has 1 fully saturated rings. The molecule has 4 rings (SSSR count). The van der Waals surface area contributed by atoms with Crippen LogP contribution < -0.4 is 10.9 Å². The summed E-state index contributed by atoms with van der Waals surface area (Å²) in [5.74, 6) is 2.27. The van der Waals surface area contributed by atoms with E-state index in [-0.39, 0.29) is 11.5 Å². The van der Waals surface area contributed by atoms with Crippen molar-refractivity contribution in [1.29, 1.82) is 0 Å². The number of thioether (sulfide) groups is 1. The van der Waals surface area contributed by atoms with Crippen molar-refractivity contribution in [3.8, 4) is 0 Å². The van der Waals surface area contributed by atoms with E-state index in [0.717, 1.165) is 47.5 Å². The zero-order chi connectivity index (χ0) is 18.6. The van der Waals surface area contributed by atoms with E-state index < -0.39 is 0 Å². The lowest BCUT2D eigenvalue weighted by Crippen LogP contribution is -2.36. The monoisotopic (exact) mass is 405 g/mol. The van der Waals surface area contributed by atoms with Crippen molar-refractivity contribution in [2.45, 2.75) is 76.0 Å². The molecule has 0 saturated heterocycles. The molecule has 1 amide bonds. The van der Waals surface area contributed by atoms with Crippen molar-refractivity contribution in [3.05, 3.63) is 26.6 Å². The number of fused-ring (bicyclic) bond motifs is 3. The second-order valence-corrected chi connectivity index (χ2v) is 9.80. The molecule has 0 atom stereocenters. The Morgan fingerprint density at radius 2 is 2.00 bits per heavy atom. The molecule has 0 spiro atoms. The van der Waals surface area contributed by atoms with Crippen molar-refractivity contribution in [2.75, 3.05) is 5.75 Å². The van der Waals surface area contributed by atoms with Gasteiger partial charge in [0, 0.05) is 23.1 Å². The molecule has 146 valence electrons. The number of H-pyrrole nitrogens is 1. The predicted octanol–water partition coefficient (Wildman–Crippen LogP) is 3.94. The first-order chi connectivity index (χ1) is 13.2. The zero-order valence-corrected chi connectivity index (χ0v) is 17.3. The summed E-state index contributed by atoms with van der Waals surface area (Å²) in [7, 11) is 0. The lowest BCUT2D eigenvalue weighted by atomic mass is 9.95. The highest BCUT2D eigenvalue weighted by Crippen LogP contribution is 2.33. The molecule has 2 N–H and O–H groups in total. The van der Waals surface area contributed by atoms with E-state index in [1.807, 2.05) is 0 Å². The van der Waals surface area contributed by atoms with Crippen molar-refractivity contribution >= 4 is 39.2 Å². The number of aromatic amines is 1. The first kappa shape index (κ1) is 19.0. The fourth-order valence-electron chi connectivity index (χ4n) is 4.16. The van der Waals surface area contributed by atoms with E-state index in [1.54, 1.807) is 23.1 Å². The average Bonchev–Trinajstić information content (AvgIpc) is 3.05. The molecule has 2 aromatic heterocycles. The van der Waals surface area contributed by atoms with Crippen LogP contribution in [-0.2, 0) is 23.4 Å². The Morgan fingerprint density at radius 3 is 2.85 bits per heavy atom. The van der Waals surface area contributed by atoms with E-state index in [2.05, 4.69) is 10.3 Å². The summed E-state index contributed by atoms with van der Waals surface area (Å²) in [5.41, 5.74) is 1.23. The number of hydrogen-bond acceptors (Lipinski definition) is 5. The number of hydrogen-bond donors (Lipinski definition) is 2. The molecule has 2 heterocycles. The van der Waals surface area contributed by atoms with Crippen molar-refractivity contribution in [3.63, 3.8) is 0 Å². The molecule has 2 aliphatic carbocycles. The number of aryl methyl sites for hydroxylation is 2. The molecule has 0 aliphatic heterocycles. The summed E-state index contributed by atoms with van der Waals surface area (Å²) < 4.78 is 0. The number of carbonyl (C=O) groups is 1. The second-order valence-electron chi connectivity index (χ2n) is 7.61. The summed E-state index contributed by atoms with van der Waals surface area (Å²) in [6.07, 6.45) is 11.0. The summed E-state index contributed by atoms with van der Waals surface area (Å²) in [5, 5.41) is 3.97. The van der Waals surface area contributed by atoms with Gasteiger partial charge < -0.3 is 10.3 Å². The van der Waals surface area contributed by atoms with Gasteiger partial charge in [-0.25, -0.2) is 4.98 Å². The fraction of sp³-hybridized carbons (Fsp3) is 0.650. The Kier molecular flexibility index (Phi) is 6.18. The highest BCUT2D eigenvalue weighted by Gasteiger charge is 2.20. The Bertz CT molecular complexity index is 868. The molecule has 2 aliphatic rings. The first-order valence-corrected chi connectivity index (χ1v) is 12.1. The molecule has 0 unspecified atom stereocenters. The van der Waals surface area contributed by atoms with Crippen LogP contribution in [0.5, 0.6) is 0 Å². The van der Waals surface area contributed by atoms with E-state index in [4.69, 9.17) is 4.98 Å². The van der Waals surface area contributed by atoms with Crippen molar-refractivity contribution in [2.24, 2.45) is 0 Å². The zero-order valence-electron chi connectivity index (χ0n) is 15.6. The van der Waals surface area contributed by atoms with Gasteiger partial charge in [-0.15, -0.1) is 11.3 Å². The minimum absolute atomic E-state index is 0.00467. The van der Waals surface area contributed by atoms with Gasteiger partial charge in [0.1, 0.15) is 10.7 Å². The van der Waals surface area contributed by atoms with Crippen molar-refractivity contribution < 1.29 is 4.79 Å². The SMILES string of the molecule is O=C(CCSCc1nc2sc3c(c2c(=O)[nH]1)CCCC3)NC1CCCCC1. The highest BCUT2D eigenvalue weighted by molar-refractivity contribution is 7.98. The number of nitrogens with one attached hydrogen (secondary N) is 2. The van der Waals surface area contributed by atoms with Crippen LogP contribution in [0.4, 0.5) is 0 Å². The standard InChI is InChI=1S/C20H27N3O2S2/c24-17(21-13-6-2-1-3-7-13)10-11-26-12-16-22-19(25)18-14-8-4-5-9-15(14)27-20(18)23-16/h13H,1-12H2,(H,21,24)(H,22,23,25). The van der Waals surface area contributed by atoms with Gasteiger partial charge in [0.15, 0.2) is 0 Å². The van der Waals surface area contributed by atoms with Gasteiger partial charge in [0.05, 0.1) is 11.1 Å². The molecule has 0 bridgehead atoms. The smallest absolute Gasteiger partial charge is 0.259 e. The molecular weight excluding hydrogens is 378 g/mol. The molecular formula is C20H27N3O2S2. The summed E-state index contributed by atoms with van der Waals surface area (Å²) >= 11 is 3.35. The van der Waals surface area contributed by atoms with Crippen LogP contribution in [0.1, 0.15) is 67.6 Å². The quantitative estimate of drug-likeness (QED) is 0.714. The van der Waals surface area contributed by atoms with E-state index in [1.165, 1.54) is 42.5 Å². The number of carbonyl (C=O) groups excluding carboxylic acids is 1. The average molecular weight is 406 g/mol. The summed E-state index contributed by atoms with van der Waals surface area (Å²) in [6, 6.07) is 0.376. The van der Waals surface area contributed by atoms with Gasteiger partial charge in [-0.3, -0.25) is 9.59 Å². The highest BCUT2D eigenvalue weighted by atomic mass is 32.2. The van der Waals surface area contributed by atoms with Crippen LogP contribution in [0.2, 0.25) is 0 Å². The van der Waals surface area contributed by atoms with Gasteiger partial charge in [-0.1, -0.05) is 19.3 Å². The van der Waals surface area contributed by atoms with Crippen molar-refractivity contribution in [1.82, 2.24) is 15.3 Å². The molecule has 7 heteroatoms. The lowest BCUT2D eigenvalue weighted by Gasteiger charge is -2.22. The maximum Gasteiger partial charge on any atom is 0.259 e. The molecule has 27 heavy (non-hydrogen) atoms. The number of amides is 1. The second kappa shape index (κ2) is 8.78. The topological polar surface area (TPSA) is 74.8 Å². The van der Waals surface area contributed by atoms with Gasteiger partial charge >= 0.3 is 0 Å². The maximum absolute atomic E-state index is 12.5. The summed E-state index contributed by atoms with van der Waals surface area (Å²) in [4.78, 5) is 34.5. The van der Waals surface area contributed by atoms with E-state index >= 15 is 0 Å². The Hall–Kier alpha value is -1.34. The largest absolute Gasteiger partial charge is 0.353 e. The third-order valence-corrected chi connectivity index (χ3v) is 7.71. The molecule has 0 aromatic carbocycles. The van der Waals surface area contributed by atoms with Crippen LogP contribution in [0.3, 0.4) is 0 Å². The van der Waals surface area contributed by atoms with E-state index in [0.29, 0.717) is 18.2 Å². The van der Waals surface area contributed by atoms with Crippen LogP contribution in [0.25, 0.3) is 10.2 Å². The van der Waals surface area contributed by atoms with Crippen LogP contribution >= 0.6 is 23.1 Å². The molecule has 5 nitrogen and oxygen atoms in total. The third-order valence-electron chi connectivity index (χ3n) is 5.56. The third kappa shape index (κ3) is 4.57. The maximum atomic E-state index is 12.5. The number of rotatable bonds is 6. The van der Waals surface area contributed by atoms with Gasteiger partial charge in [-0.2, -0.15) is 11.8 Å². The van der Waals surface area contributed by atoms with Crippen LogP contribution in [0, 0.1) is 0 Å². The van der Waals surface area contributed by atoms with Crippen LogP contribution in [-0.4, -0.2) is 27.7 Å². The number of thiophene rings is 1. The Balaban J connectivity index is 1.30. The molecule has 1 saturated carbocycles. The Labute approximate surface area is 167 Å².